The zero-order valence-corrected chi connectivity index (χ0v) is 19.5. The Morgan fingerprint density at radius 3 is 2.66 bits per heavy atom. The number of esters is 1. The number of carbonyl (C=O) groups excluding carboxylic acids is 2. The number of aldehydes is 1. The zero-order chi connectivity index (χ0) is 21.4. The normalized spacial score (nSPS) is 25.9. The minimum absolute atomic E-state index is 0.0169. The molecule has 0 saturated heterocycles. The topological polar surface area (TPSA) is 61.8 Å². The van der Waals surface area contributed by atoms with E-state index in [2.05, 4.69) is 46.0 Å². The van der Waals surface area contributed by atoms with Gasteiger partial charge in [-0.1, -0.05) is 39.0 Å². The van der Waals surface area contributed by atoms with Crippen LogP contribution in [0.15, 0.2) is 18.2 Å². The molecule has 1 saturated carbocycles. The molecule has 1 aromatic rings. The van der Waals surface area contributed by atoms with Gasteiger partial charge >= 0.3 is 5.97 Å². The van der Waals surface area contributed by atoms with Crippen molar-refractivity contribution in [2.24, 2.45) is 5.92 Å². The predicted octanol–water partition coefficient (Wildman–Crippen LogP) is 4.64. The molecule has 2 aliphatic rings. The smallest absolute Gasteiger partial charge is 0.305 e. The molecule has 1 aliphatic carbocycles. The lowest BCUT2D eigenvalue weighted by molar-refractivity contribution is -0.140. The summed E-state index contributed by atoms with van der Waals surface area (Å²) < 4.78 is 17.7. The van der Waals surface area contributed by atoms with E-state index in [0.29, 0.717) is 6.42 Å². The van der Waals surface area contributed by atoms with Crippen LogP contribution >= 0.6 is 0 Å². The molecule has 5 nitrogen and oxygen atoms in total. The van der Waals surface area contributed by atoms with E-state index in [1.54, 1.807) is 0 Å². The molecule has 0 amide bonds. The predicted molar refractivity (Wildman–Crippen MR) is 115 cm³/mol. The first kappa shape index (κ1) is 22.0. The minimum atomic E-state index is -1.97. The molecule has 0 spiro atoms. The molecule has 4 atom stereocenters. The monoisotopic (exact) mass is 418 g/mol. The molecule has 1 heterocycles. The second-order valence-electron chi connectivity index (χ2n) is 9.81. The number of hydrogen-bond acceptors (Lipinski definition) is 5. The molecule has 1 aliphatic heterocycles. The number of benzene rings is 1. The molecular weight excluding hydrogens is 384 g/mol. The van der Waals surface area contributed by atoms with E-state index in [4.69, 9.17) is 13.9 Å². The maximum atomic E-state index is 12.1. The van der Waals surface area contributed by atoms with Crippen molar-refractivity contribution >= 4 is 20.6 Å². The van der Waals surface area contributed by atoms with Gasteiger partial charge in [-0.2, -0.15) is 0 Å². The van der Waals surface area contributed by atoms with Crippen LogP contribution in [0.4, 0.5) is 0 Å². The molecule has 1 fully saturated rings. The van der Waals surface area contributed by atoms with E-state index in [1.165, 1.54) is 7.11 Å². The van der Waals surface area contributed by atoms with Crippen molar-refractivity contribution in [3.63, 3.8) is 0 Å². The van der Waals surface area contributed by atoms with Gasteiger partial charge in [0.1, 0.15) is 18.1 Å². The number of para-hydroxylation sites is 1. The first-order valence-corrected chi connectivity index (χ1v) is 13.5. The maximum absolute atomic E-state index is 12.1. The quantitative estimate of drug-likeness (QED) is 0.367. The van der Waals surface area contributed by atoms with Gasteiger partial charge in [-0.15, -0.1) is 0 Å². The number of carbonyl (C=O) groups is 2. The molecule has 3 rings (SSSR count). The highest BCUT2D eigenvalue weighted by Gasteiger charge is 2.53. The Morgan fingerprint density at radius 1 is 1.31 bits per heavy atom. The largest absolute Gasteiger partial charge is 0.489 e. The SMILES string of the molecule is COC(=O)CCCc1cccc2c1OC1CC(O[Si](C)(C)C(C)(C)C)C(C=O)C21. The van der Waals surface area contributed by atoms with Crippen LogP contribution in [0.3, 0.4) is 0 Å². The Hall–Kier alpha value is -1.66. The first-order valence-electron chi connectivity index (χ1n) is 10.6. The fourth-order valence-corrected chi connectivity index (χ4v) is 5.64. The number of methoxy groups -OCH3 is 1. The summed E-state index contributed by atoms with van der Waals surface area (Å²) in [6, 6.07) is 6.16. The average molecular weight is 419 g/mol. The fourth-order valence-electron chi connectivity index (χ4n) is 4.28. The van der Waals surface area contributed by atoms with Crippen LogP contribution in [-0.2, 0) is 25.2 Å². The van der Waals surface area contributed by atoms with Crippen LogP contribution < -0.4 is 4.74 Å². The van der Waals surface area contributed by atoms with E-state index in [9.17, 15) is 9.59 Å². The van der Waals surface area contributed by atoms with Gasteiger partial charge in [-0.05, 0) is 36.5 Å². The lowest BCUT2D eigenvalue weighted by Crippen LogP contribution is -2.45. The zero-order valence-electron chi connectivity index (χ0n) is 18.5. The van der Waals surface area contributed by atoms with Crippen LogP contribution in [0.5, 0.6) is 5.75 Å². The molecule has 4 unspecified atom stereocenters. The molecule has 160 valence electrons. The summed E-state index contributed by atoms with van der Waals surface area (Å²) in [4.78, 5) is 23.5. The van der Waals surface area contributed by atoms with Crippen molar-refractivity contribution in [2.75, 3.05) is 7.11 Å². The van der Waals surface area contributed by atoms with Crippen molar-refractivity contribution in [3.05, 3.63) is 29.3 Å². The van der Waals surface area contributed by atoms with Gasteiger partial charge < -0.3 is 18.7 Å². The number of rotatable bonds is 7. The van der Waals surface area contributed by atoms with Gasteiger partial charge in [0.05, 0.1) is 19.1 Å². The summed E-state index contributed by atoms with van der Waals surface area (Å²) in [6.07, 6.45) is 3.59. The Balaban J connectivity index is 1.77. The van der Waals surface area contributed by atoms with Crippen LogP contribution in [0.2, 0.25) is 18.1 Å². The summed E-state index contributed by atoms with van der Waals surface area (Å²) in [6.45, 7) is 11.1. The van der Waals surface area contributed by atoms with Crippen LogP contribution in [-0.4, -0.2) is 39.9 Å². The molecule has 29 heavy (non-hydrogen) atoms. The summed E-state index contributed by atoms with van der Waals surface area (Å²) in [5.74, 6) is 0.588. The third kappa shape index (κ3) is 4.28. The maximum Gasteiger partial charge on any atom is 0.305 e. The number of aryl methyl sites for hydroxylation is 1. The second-order valence-corrected chi connectivity index (χ2v) is 14.6. The van der Waals surface area contributed by atoms with Gasteiger partial charge in [0, 0.05) is 24.3 Å². The van der Waals surface area contributed by atoms with Gasteiger partial charge in [-0.25, -0.2) is 0 Å². The standard InChI is InChI=1S/C23H34O5Si/c1-23(2,3)29(5,6)28-18-13-19-21(17(18)14-24)16-11-7-9-15(22(16)27-19)10-8-12-20(25)26-4/h7,9,11,14,17-19,21H,8,10,12-13H2,1-6H3. The fraction of sp³-hybridized carbons (Fsp3) is 0.652. The van der Waals surface area contributed by atoms with E-state index in [-0.39, 0.29) is 35.1 Å². The van der Waals surface area contributed by atoms with Crippen molar-refractivity contribution in [2.45, 2.75) is 82.7 Å². The minimum Gasteiger partial charge on any atom is -0.489 e. The first-order chi connectivity index (χ1) is 13.6. The molecule has 6 heteroatoms. The molecule has 0 N–H and O–H groups in total. The highest BCUT2D eigenvalue weighted by atomic mass is 28.4. The third-order valence-electron chi connectivity index (χ3n) is 6.93. The van der Waals surface area contributed by atoms with Crippen LogP contribution in [0.1, 0.15) is 57.1 Å². The van der Waals surface area contributed by atoms with E-state index >= 15 is 0 Å². The van der Waals surface area contributed by atoms with Gasteiger partial charge in [0.25, 0.3) is 0 Å². The summed E-state index contributed by atoms with van der Waals surface area (Å²) >= 11 is 0. The van der Waals surface area contributed by atoms with Crippen molar-refractivity contribution in [3.8, 4) is 5.75 Å². The third-order valence-corrected chi connectivity index (χ3v) is 11.4. The highest BCUT2D eigenvalue weighted by Crippen LogP contribution is 2.53. The highest BCUT2D eigenvalue weighted by molar-refractivity contribution is 6.74. The lowest BCUT2D eigenvalue weighted by Gasteiger charge is -2.39. The van der Waals surface area contributed by atoms with E-state index < -0.39 is 8.32 Å². The average Bonchev–Trinajstić information content (AvgIpc) is 3.16. The molecule has 1 aromatic carbocycles. The number of fused-ring (bicyclic) bond motifs is 3. The van der Waals surface area contributed by atoms with E-state index in [1.807, 2.05) is 6.07 Å². The number of ether oxygens (including phenoxy) is 2. The molecular formula is C23H34O5Si. The van der Waals surface area contributed by atoms with Gasteiger partial charge in [0.2, 0.25) is 0 Å². The molecule has 0 radical (unpaired) electrons. The Labute approximate surface area is 175 Å². The summed E-state index contributed by atoms with van der Waals surface area (Å²) in [7, 11) is -0.557. The van der Waals surface area contributed by atoms with Crippen molar-refractivity contribution < 1.29 is 23.5 Å². The Morgan fingerprint density at radius 2 is 2.03 bits per heavy atom. The van der Waals surface area contributed by atoms with E-state index in [0.717, 1.165) is 42.4 Å². The molecule has 0 aromatic heterocycles. The summed E-state index contributed by atoms with van der Waals surface area (Å²) in [5, 5.41) is 0.101. The number of hydrogen-bond donors (Lipinski definition) is 0. The lowest BCUT2D eigenvalue weighted by atomic mass is 9.88. The van der Waals surface area contributed by atoms with Gasteiger partial charge in [0.15, 0.2) is 8.32 Å². The second kappa shape index (κ2) is 8.23. The Bertz CT molecular complexity index is 767. The summed E-state index contributed by atoms with van der Waals surface area (Å²) in [5.41, 5.74) is 2.22. The molecule has 0 bridgehead atoms. The Kier molecular flexibility index (Phi) is 6.25. The van der Waals surface area contributed by atoms with Crippen molar-refractivity contribution in [1.82, 2.24) is 0 Å². The van der Waals surface area contributed by atoms with Crippen LogP contribution in [0.25, 0.3) is 0 Å². The van der Waals surface area contributed by atoms with Crippen molar-refractivity contribution in [1.29, 1.82) is 0 Å². The van der Waals surface area contributed by atoms with Crippen LogP contribution in [0, 0.1) is 5.92 Å². The van der Waals surface area contributed by atoms with Gasteiger partial charge in [-0.3, -0.25) is 4.79 Å².